The molecule has 0 bridgehead atoms. The number of hydrogen-bond donors (Lipinski definition) is 1. The molecule has 0 aliphatic carbocycles. The van der Waals surface area contributed by atoms with Crippen LogP contribution < -0.4 is 5.73 Å². The Hall–Kier alpha value is -2.66. The van der Waals surface area contributed by atoms with E-state index in [1.807, 2.05) is 41.3 Å². The van der Waals surface area contributed by atoms with Gasteiger partial charge in [0.2, 0.25) is 5.91 Å². The minimum absolute atomic E-state index is 0.0796. The Kier molecular flexibility index (Phi) is 6.24. The van der Waals surface area contributed by atoms with Gasteiger partial charge in [-0.1, -0.05) is 48.5 Å². The number of nitrogens with zero attached hydrogens (tertiary/aromatic N) is 1. The van der Waals surface area contributed by atoms with Crippen LogP contribution in [0, 0.1) is 5.92 Å². The van der Waals surface area contributed by atoms with Crippen molar-refractivity contribution in [2.24, 2.45) is 11.7 Å². The van der Waals surface area contributed by atoms with Crippen LogP contribution in [0.5, 0.6) is 0 Å². The van der Waals surface area contributed by atoms with E-state index >= 15 is 0 Å². The third kappa shape index (κ3) is 4.74. The van der Waals surface area contributed by atoms with Crippen LogP contribution in [-0.4, -0.2) is 37.0 Å². The lowest BCUT2D eigenvalue weighted by atomic mass is 9.96. The first kappa shape index (κ1) is 19.1. The highest BCUT2D eigenvalue weighted by molar-refractivity contribution is 5.80. The van der Waals surface area contributed by atoms with Gasteiger partial charge in [0.25, 0.3) is 0 Å². The summed E-state index contributed by atoms with van der Waals surface area (Å²) in [4.78, 5) is 26.0. The molecule has 1 heterocycles. The third-order valence-corrected chi connectivity index (χ3v) is 5.21. The zero-order chi connectivity index (χ0) is 19.2. The van der Waals surface area contributed by atoms with Gasteiger partial charge in [0.15, 0.2) is 0 Å². The van der Waals surface area contributed by atoms with Gasteiger partial charge in [-0.3, -0.25) is 9.59 Å². The van der Waals surface area contributed by atoms with E-state index in [1.54, 1.807) is 0 Å². The normalized spacial score (nSPS) is 14.8. The molecule has 0 spiro atoms. The number of carbonyl (C=O) groups is 2. The SMILES string of the molecule is COC(=O)C1CCN(C(=O)Cc2ccc(-c3ccc(CN)cc3)cc2)CC1. The van der Waals surface area contributed by atoms with Crippen LogP contribution in [0.15, 0.2) is 48.5 Å². The summed E-state index contributed by atoms with van der Waals surface area (Å²) in [6.45, 7) is 1.77. The standard InChI is InChI=1S/C22H26N2O3/c1-27-22(26)20-10-12-24(13-11-20)21(25)14-16-2-6-18(7-3-16)19-8-4-17(15-23)5-9-19/h2-9,20H,10-15,23H2,1H3. The average Bonchev–Trinajstić information content (AvgIpc) is 2.74. The monoisotopic (exact) mass is 366 g/mol. The zero-order valence-electron chi connectivity index (χ0n) is 15.7. The maximum absolute atomic E-state index is 12.5. The Bertz CT molecular complexity index is 776. The number of likely N-dealkylation sites (tertiary alicyclic amines) is 1. The third-order valence-electron chi connectivity index (χ3n) is 5.21. The molecule has 5 nitrogen and oxygen atoms in total. The Morgan fingerprint density at radius 2 is 1.48 bits per heavy atom. The largest absolute Gasteiger partial charge is 0.469 e. The van der Waals surface area contributed by atoms with E-state index in [0.717, 1.165) is 22.3 Å². The summed E-state index contributed by atoms with van der Waals surface area (Å²) >= 11 is 0. The molecule has 0 radical (unpaired) electrons. The van der Waals surface area contributed by atoms with E-state index in [1.165, 1.54) is 7.11 Å². The summed E-state index contributed by atoms with van der Waals surface area (Å²) in [6, 6.07) is 16.3. The first-order valence-corrected chi connectivity index (χ1v) is 9.34. The molecule has 0 saturated carbocycles. The Labute approximate surface area is 160 Å². The number of amides is 1. The maximum atomic E-state index is 12.5. The topological polar surface area (TPSA) is 72.6 Å². The van der Waals surface area contributed by atoms with E-state index in [-0.39, 0.29) is 17.8 Å². The van der Waals surface area contributed by atoms with Crippen molar-refractivity contribution < 1.29 is 14.3 Å². The first-order chi connectivity index (χ1) is 13.1. The van der Waals surface area contributed by atoms with Crippen molar-refractivity contribution in [2.45, 2.75) is 25.8 Å². The van der Waals surface area contributed by atoms with Gasteiger partial charge in [-0.2, -0.15) is 0 Å². The summed E-state index contributed by atoms with van der Waals surface area (Å²) < 4.78 is 4.79. The molecule has 3 rings (SSSR count). The zero-order valence-corrected chi connectivity index (χ0v) is 15.7. The highest BCUT2D eigenvalue weighted by Gasteiger charge is 2.27. The van der Waals surface area contributed by atoms with E-state index in [9.17, 15) is 9.59 Å². The number of nitrogens with two attached hydrogens (primary N) is 1. The predicted molar refractivity (Wildman–Crippen MR) is 105 cm³/mol. The van der Waals surface area contributed by atoms with E-state index in [0.29, 0.717) is 38.9 Å². The van der Waals surface area contributed by atoms with E-state index in [4.69, 9.17) is 10.5 Å². The van der Waals surface area contributed by atoms with Crippen LogP contribution in [0.1, 0.15) is 24.0 Å². The van der Waals surface area contributed by atoms with Gasteiger partial charge in [-0.15, -0.1) is 0 Å². The van der Waals surface area contributed by atoms with Gasteiger partial charge in [-0.05, 0) is 35.1 Å². The van der Waals surface area contributed by atoms with Crippen LogP contribution in [0.2, 0.25) is 0 Å². The predicted octanol–water partition coefficient (Wildman–Crippen LogP) is 2.77. The second-order valence-electron chi connectivity index (χ2n) is 6.95. The first-order valence-electron chi connectivity index (χ1n) is 9.34. The Morgan fingerprint density at radius 1 is 0.963 bits per heavy atom. The molecule has 0 aromatic heterocycles. The summed E-state index contributed by atoms with van der Waals surface area (Å²) in [7, 11) is 1.41. The fourth-order valence-electron chi connectivity index (χ4n) is 3.47. The molecule has 0 atom stereocenters. The van der Waals surface area contributed by atoms with Gasteiger partial charge < -0.3 is 15.4 Å². The Balaban J connectivity index is 1.56. The number of esters is 1. The smallest absolute Gasteiger partial charge is 0.308 e. The highest BCUT2D eigenvalue weighted by atomic mass is 16.5. The number of ether oxygens (including phenoxy) is 1. The molecule has 2 aromatic carbocycles. The van der Waals surface area contributed by atoms with Gasteiger partial charge in [0, 0.05) is 19.6 Å². The lowest BCUT2D eigenvalue weighted by Crippen LogP contribution is -2.41. The molecule has 142 valence electrons. The second kappa shape index (κ2) is 8.82. The molecule has 2 N–H and O–H groups in total. The molecule has 1 amide bonds. The summed E-state index contributed by atoms with van der Waals surface area (Å²) in [5, 5.41) is 0. The quantitative estimate of drug-likeness (QED) is 0.826. The fraction of sp³-hybridized carbons (Fsp3) is 0.364. The number of piperidine rings is 1. The minimum atomic E-state index is -0.169. The van der Waals surface area contributed by atoms with Crippen molar-refractivity contribution in [3.05, 3.63) is 59.7 Å². The molecule has 0 unspecified atom stereocenters. The second-order valence-corrected chi connectivity index (χ2v) is 6.95. The van der Waals surface area contributed by atoms with E-state index in [2.05, 4.69) is 12.1 Å². The lowest BCUT2D eigenvalue weighted by Gasteiger charge is -2.30. The summed E-state index contributed by atoms with van der Waals surface area (Å²) in [5.74, 6) is -0.139. The number of hydrogen-bond acceptors (Lipinski definition) is 4. The molecule has 1 aliphatic heterocycles. The van der Waals surface area contributed by atoms with Crippen molar-refractivity contribution in [1.82, 2.24) is 4.90 Å². The summed E-state index contributed by atoms with van der Waals surface area (Å²) in [6.07, 6.45) is 1.74. The molecular formula is C22H26N2O3. The van der Waals surface area contributed by atoms with Gasteiger partial charge in [-0.25, -0.2) is 0 Å². The van der Waals surface area contributed by atoms with Crippen molar-refractivity contribution >= 4 is 11.9 Å². The number of benzene rings is 2. The molecular weight excluding hydrogens is 340 g/mol. The van der Waals surface area contributed by atoms with Crippen LogP contribution >= 0.6 is 0 Å². The number of carbonyl (C=O) groups excluding carboxylic acids is 2. The van der Waals surface area contributed by atoms with Gasteiger partial charge in [0.05, 0.1) is 19.4 Å². The fourth-order valence-corrected chi connectivity index (χ4v) is 3.47. The molecule has 1 saturated heterocycles. The lowest BCUT2D eigenvalue weighted by molar-refractivity contribution is -0.148. The van der Waals surface area contributed by atoms with Crippen molar-refractivity contribution in [3.8, 4) is 11.1 Å². The molecule has 1 aliphatic rings. The van der Waals surface area contributed by atoms with Crippen molar-refractivity contribution in [3.63, 3.8) is 0 Å². The number of rotatable bonds is 5. The van der Waals surface area contributed by atoms with Crippen LogP contribution in [0.25, 0.3) is 11.1 Å². The van der Waals surface area contributed by atoms with E-state index < -0.39 is 0 Å². The van der Waals surface area contributed by atoms with Crippen molar-refractivity contribution in [1.29, 1.82) is 0 Å². The van der Waals surface area contributed by atoms with Crippen LogP contribution in [0.4, 0.5) is 0 Å². The number of methoxy groups -OCH3 is 1. The van der Waals surface area contributed by atoms with Crippen LogP contribution in [0.3, 0.4) is 0 Å². The van der Waals surface area contributed by atoms with Crippen molar-refractivity contribution in [2.75, 3.05) is 20.2 Å². The molecule has 5 heteroatoms. The van der Waals surface area contributed by atoms with Gasteiger partial charge in [0.1, 0.15) is 0 Å². The highest BCUT2D eigenvalue weighted by Crippen LogP contribution is 2.22. The van der Waals surface area contributed by atoms with Crippen LogP contribution in [-0.2, 0) is 27.3 Å². The molecule has 1 fully saturated rings. The Morgan fingerprint density at radius 3 is 1.96 bits per heavy atom. The minimum Gasteiger partial charge on any atom is -0.469 e. The average molecular weight is 366 g/mol. The summed E-state index contributed by atoms with van der Waals surface area (Å²) in [5.41, 5.74) is 10.00. The maximum Gasteiger partial charge on any atom is 0.308 e. The van der Waals surface area contributed by atoms with Gasteiger partial charge >= 0.3 is 5.97 Å². The molecule has 2 aromatic rings. The molecule has 27 heavy (non-hydrogen) atoms.